The van der Waals surface area contributed by atoms with Crippen LogP contribution in [-0.4, -0.2) is 33.9 Å². The highest BCUT2D eigenvalue weighted by Crippen LogP contribution is 2.27. The van der Waals surface area contributed by atoms with E-state index in [-0.39, 0.29) is 29.7 Å². The molecule has 8 nitrogen and oxygen atoms in total. The van der Waals surface area contributed by atoms with Gasteiger partial charge in [-0.25, -0.2) is 13.1 Å². The average Bonchev–Trinajstić information content (AvgIpc) is 2.61. The minimum absolute atomic E-state index is 0.0566. The van der Waals surface area contributed by atoms with Crippen molar-refractivity contribution < 1.29 is 22.7 Å². The molecule has 28 heavy (non-hydrogen) atoms. The minimum atomic E-state index is -3.69. The first kappa shape index (κ1) is 21.9. The van der Waals surface area contributed by atoms with Crippen LogP contribution in [0.25, 0.3) is 0 Å². The highest BCUT2D eigenvalue weighted by atomic mass is 79.9. The number of hydrogen-bond donors (Lipinski definition) is 3. The second kappa shape index (κ2) is 9.67. The molecule has 10 heteroatoms. The SMILES string of the molecule is COc1ccc(NC(=O)CCNS(=O)(=O)c2ccc(Br)cc2)cc1NC(C)=O. The number of rotatable bonds is 8. The van der Waals surface area contributed by atoms with E-state index in [1.54, 1.807) is 30.3 Å². The van der Waals surface area contributed by atoms with E-state index >= 15 is 0 Å². The van der Waals surface area contributed by atoms with E-state index in [2.05, 4.69) is 31.3 Å². The van der Waals surface area contributed by atoms with Gasteiger partial charge in [-0.1, -0.05) is 15.9 Å². The molecule has 0 aliphatic heterocycles. The van der Waals surface area contributed by atoms with Gasteiger partial charge < -0.3 is 15.4 Å². The van der Waals surface area contributed by atoms with Crippen LogP contribution in [0, 0.1) is 0 Å². The van der Waals surface area contributed by atoms with Gasteiger partial charge in [0.1, 0.15) is 5.75 Å². The number of carbonyl (C=O) groups is 2. The fraction of sp³-hybridized carbons (Fsp3) is 0.222. The summed E-state index contributed by atoms with van der Waals surface area (Å²) in [5.41, 5.74) is 0.869. The number of ether oxygens (including phenoxy) is 1. The van der Waals surface area contributed by atoms with Crippen LogP contribution in [-0.2, 0) is 19.6 Å². The summed E-state index contributed by atoms with van der Waals surface area (Å²) in [4.78, 5) is 23.5. The molecule has 0 heterocycles. The van der Waals surface area contributed by atoms with Crippen LogP contribution < -0.4 is 20.1 Å². The summed E-state index contributed by atoms with van der Waals surface area (Å²) in [5.74, 6) is -0.197. The smallest absolute Gasteiger partial charge is 0.240 e. The van der Waals surface area contributed by atoms with E-state index in [1.807, 2.05) is 0 Å². The first-order chi connectivity index (χ1) is 13.2. The molecule has 0 aromatic heterocycles. The number of benzene rings is 2. The molecule has 0 atom stereocenters. The van der Waals surface area contributed by atoms with Crippen molar-refractivity contribution in [3.05, 3.63) is 46.9 Å². The summed E-state index contributed by atoms with van der Waals surface area (Å²) >= 11 is 3.24. The van der Waals surface area contributed by atoms with Gasteiger partial charge in [0.25, 0.3) is 0 Å². The molecular weight excluding hydrogens is 450 g/mol. The first-order valence-corrected chi connectivity index (χ1v) is 10.5. The van der Waals surface area contributed by atoms with Gasteiger partial charge in [-0.2, -0.15) is 0 Å². The van der Waals surface area contributed by atoms with Crippen molar-refractivity contribution in [1.82, 2.24) is 4.72 Å². The van der Waals surface area contributed by atoms with E-state index < -0.39 is 10.0 Å². The molecule has 2 aromatic rings. The monoisotopic (exact) mass is 469 g/mol. The Morgan fingerprint density at radius 1 is 1.07 bits per heavy atom. The van der Waals surface area contributed by atoms with Crippen molar-refractivity contribution in [2.24, 2.45) is 0 Å². The largest absolute Gasteiger partial charge is 0.495 e. The van der Waals surface area contributed by atoms with Crippen LogP contribution in [0.15, 0.2) is 51.8 Å². The number of halogens is 1. The van der Waals surface area contributed by atoms with Crippen molar-refractivity contribution in [3.63, 3.8) is 0 Å². The summed E-state index contributed by atoms with van der Waals surface area (Å²) in [6, 6.07) is 11.0. The molecule has 0 spiro atoms. The van der Waals surface area contributed by atoms with Gasteiger partial charge in [-0.05, 0) is 42.5 Å². The third-order valence-corrected chi connectivity index (χ3v) is 5.57. The molecular formula is C18H20BrN3O5S. The Morgan fingerprint density at radius 3 is 2.36 bits per heavy atom. The average molecular weight is 470 g/mol. The number of nitrogens with one attached hydrogen (secondary N) is 3. The summed E-state index contributed by atoms with van der Waals surface area (Å²) < 4.78 is 32.7. The lowest BCUT2D eigenvalue weighted by atomic mass is 10.2. The van der Waals surface area contributed by atoms with Crippen molar-refractivity contribution in [1.29, 1.82) is 0 Å². The quantitative estimate of drug-likeness (QED) is 0.549. The number of anilines is 2. The number of sulfonamides is 1. The molecule has 0 radical (unpaired) electrons. The van der Waals surface area contributed by atoms with Gasteiger partial charge in [0.2, 0.25) is 21.8 Å². The molecule has 0 fully saturated rings. The Morgan fingerprint density at radius 2 is 1.75 bits per heavy atom. The zero-order valence-corrected chi connectivity index (χ0v) is 17.7. The lowest BCUT2D eigenvalue weighted by Crippen LogP contribution is -2.27. The lowest BCUT2D eigenvalue weighted by Gasteiger charge is -2.12. The molecule has 2 aromatic carbocycles. The van der Waals surface area contributed by atoms with E-state index in [4.69, 9.17) is 4.74 Å². The highest BCUT2D eigenvalue weighted by molar-refractivity contribution is 9.10. The second-order valence-corrected chi connectivity index (χ2v) is 8.43. The van der Waals surface area contributed by atoms with Crippen molar-refractivity contribution in [2.75, 3.05) is 24.3 Å². The highest BCUT2D eigenvalue weighted by Gasteiger charge is 2.14. The Balaban J connectivity index is 1.93. The zero-order valence-electron chi connectivity index (χ0n) is 15.3. The third-order valence-electron chi connectivity index (χ3n) is 3.56. The number of carbonyl (C=O) groups excluding carboxylic acids is 2. The first-order valence-electron chi connectivity index (χ1n) is 8.22. The standard InChI is InChI=1S/C18H20BrN3O5S/c1-12(23)21-16-11-14(5-8-17(16)27-2)22-18(24)9-10-20-28(25,26)15-6-3-13(19)4-7-15/h3-8,11,20H,9-10H2,1-2H3,(H,21,23)(H,22,24). The molecule has 2 rings (SSSR count). The minimum Gasteiger partial charge on any atom is -0.495 e. The topological polar surface area (TPSA) is 114 Å². The van der Waals surface area contributed by atoms with Gasteiger partial charge in [0.05, 0.1) is 17.7 Å². The molecule has 0 aliphatic rings. The fourth-order valence-electron chi connectivity index (χ4n) is 2.29. The zero-order chi connectivity index (χ0) is 20.7. The van der Waals surface area contributed by atoms with E-state index in [0.717, 1.165) is 4.47 Å². The summed E-state index contributed by atoms with van der Waals surface area (Å²) in [5, 5.41) is 5.27. The Bertz CT molecular complexity index is 962. The molecule has 3 N–H and O–H groups in total. The van der Waals surface area contributed by atoms with Crippen molar-refractivity contribution >= 4 is 49.1 Å². The summed E-state index contributed by atoms with van der Waals surface area (Å²) in [6.07, 6.45) is -0.0583. The second-order valence-electron chi connectivity index (χ2n) is 5.75. The van der Waals surface area contributed by atoms with Gasteiger partial charge >= 0.3 is 0 Å². The molecule has 0 unspecified atom stereocenters. The third kappa shape index (κ3) is 6.32. The molecule has 0 saturated carbocycles. The molecule has 0 saturated heterocycles. The van der Waals surface area contributed by atoms with Crippen LogP contribution in [0.5, 0.6) is 5.75 Å². The van der Waals surface area contributed by atoms with Crippen LogP contribution in [0.1, 0.15) is 13.3 Å². The van der Waals surface area contributed by atoms with E-state index in [1.165, 1.54) is 26.2 Å². The van der Waals surface area contributed by atoms with Crippen LogP contribution in [0.3, 0.4) is 0 Å². The maximum Gasteiger partial charge on any atom is 0.240 e. The number of hydrogen-bond acceptors (Lipinski definition) is 5. The van der Waals surface area contributed by atoms with E-state index in [9.17, 15) is 18.0 Å². The molecule has 0 aliphatic carbocycles. The number of methoxy groups -OCH3 is 1. The predicted molar refractivity (Wildman–Crippen MR) is 110 cm³/mol. The summed E-state index contributed by atoms with van der Waals surface area (Å²) in [7, 11) is -2.22. The van der Waals surface area contributed by atoms with Gasteiger partial charge in [0.15, 0.2) is 0 Å². The molecule has 2 amide bonds. The van der Waals surface area contributed by atoms with Gasteiger partial charge in [0, 0.05) is 30.0 Å². The Kier molecular flexibility index (Phi) is 7.55. The van der Waals surface area contributed by atoms with Gasteiger partial charge in [-0.3, -0.25) is 9.59 Å². The van der Waals surface area contributed by atoms with Crippen LogP contribution >= 0.6 is 15.9 Å². The molecule has 150 valence electrons. The Labute approximate surface area is 171 Å². The normalized spacial score (nSPS) is 11.0. The van der Waals surface area contributed by atoms with Crippen molar-refractivity contribution in [3.8, 4) is 5.75 Å². The lowest BCUT2D eigenvalue weighted by molar-refractivity contribution is -0.116. The molecule has 0 bridgehead atoms. The van der Waals surface area contributed by atoms with E-state index in [0.29, 0.717) is 17.1 Å². The summed E-state index contributed by atoms with van der Waals surface area (Å²) in [6.45, 7) is 1.31. The number of amides is 2. The van der Waals surface area contributed by atoms with Crippen LogP contribution in [0.4, 0.5) is 11.4 Å². The van der Waals surface area contributed by atoms with Gasteiger partial charge in [-0.15, -0.1) is 0 Å². The maximum atomic E-state index is 12.2. The maximum absolute atomic E-state index is 12.2. The Hall–Kier alpha value is -2.43. The van der Waals surface area contributed by atoms with Crippen LogP contribution in [0.2, 0.25) is 0 Å². The van der Waals surface area contributed by atoms with Crippen molar-refractivity contribution in [2.45, 2.75) is 18.2 Å². The fourth-order valence-corrected chi connectivity index (χ4v) is 3.59. The predicted octanol–water partition coefficient (Wildman–Crippen LogP) is 2.72.